The number of aromatic nitrogens is 2. The van der Waals surface area contributed by atoms with Crippen LogP contribution in [0.15, 0.2) is 24.8 Å². The number of hydrogen-bond acceptors (Lipinski definition) is 1. The van der Waals surface area contributed by atoms with Crippen LogP contribution in [-0.2, 0) is 7.05 Å². The van der Waals surface area contributed by atoms with Gasteiger partial charge in [-0.15, -0.1) is 0 Å². The van der Waals surface area contributed by atoms with Gasteiger partial charge in [-0.25, -0.2) is 4.57 Å². The van der Waals surface area contributed by atoms with Crippen molar-refractivity contribution >= 4 is 0 Å². The summed E-state index contributed by atoms with van der Waals surface area (Å²) in [5.74, 6) is 0. The Labute approximate surface area is 92.9 Å². The van der Waals surface area contributed by atoms with Crippen LogP contribution in [0, 0.1) is 0 Å². The largest absolute Gasteiger partial charge is 1.00 e. The zero-order valence-electron chi connectivity index (χ0n) is 6.20. The van der Waals surface area contributed by atoms with Crippen LogP contribution in [0.4, 0.5) is 0 Å². The normalized spacial score (nSPS) is 7.62. The summed E-state index contributed by atoms with van der Waals surface area (Å²) in [6.45, 7) is 0. The fraction of sp³-hybridized carbons (Fsp3) is 0.200. The smallest absolute Gasteiger partial charge is 1.00 e. The molecule has 0 amide bonds. The molecule has 8 heavy (non-hydrogen) atoms. The molecule has 0 fully saturated rings. The molecule has 3 heteroatoms. The Bertz CT molecular complexity index is 145. The fourth-order valence-corrected chi connectivity index (χ4v) is 0.387. The first-order chi connectivity index (χ1) is 3.39. The molecule has 0 radical (unpaired) electrons. The topological polar surface area (TPSA) is 16.8 Å². The van der Waals surface area contributed by atoms with Gasteiger partial charge in [-0.1, -0.05) is 0 Å². The van der Waals surface area contributed by atoms with Crippen LogP contribution in [0.25, 0.3) is 0 Å². The van der Waals surface area contributed by atoms with Crippen molar-refractivity contribution in [1.82, 2.24) is 4.98 Å². The first-order valence-corrected chi connectivity index (χ1v) is 2.15. The van der Waals surface area contributed by atoms with Crippen LogP contribution < -0.4 is 56.0 Å². The van der Waals surface area contributed by atoms with Gasteiger partial charge in [-0.05, 0) is 0 Å². The number of nitrogens with zero attached hydrogens (tertiary/aromatic N) is 2. The van der Waals surface area contributed by atoms with Gasteiger partial charge in [0.05, 0.1) is 12.4 Å². The molecule has 2 nitrogen and oxygen atoms in total. The molecule has 38 valence electrons. The van der Waals surface area contributed by atoms with Gasteiger partial charge >= 0.3 is 51.4 Å². The third-order valence-corrected chi connectivity index (χ3v) is 0.776. The second-order valence-corrected chi connectivity index (χ2v) is 1.41. The van der Waals surface area contributed by atoms with E-state index in [9.17, 15) is 0 Å². The van der Waals surface area contributed by atoms with Gasteiger partial charge in [-0.2, -0.15) is 0 Å². The summed E-state index contributed by atoms with van der Waals surface area (Å²) >= 11 is 0. The third kappa shape index (κ3) is 2.89. The maximum atomic E-state index is 3.82. The molecule has 0 saturated heterocycles. The van der Waals surface area contributed by atoms with E-state index in [1.54, 1.807) is 12.4 Å². The standard InChI is InChI=1S/C5H7N2.K.H/c1-7-4-2-6-3-5-7;;/h2-5H,1H3;;/q2*+1;-1. The van der Waals surface area contributed by atoms with Gasteiger partial charge in [0.1, 0.15) is 7.05 Å². The number of hydrogen-bond donors (Lipinski definition) is 0. The van der Waals surface area contributed by atoms with Gasteiger partial charge in [0.25, 0.3) is 0 Å². The monoisotopic (exact) mass is 135 g/mol. The van der Waals surface area contributed by atoms with Gasteiger partial charge < -0.3 is 1.43 Å². The SMILES string of the molecule is C[n+]1ccncc1.[H-].[K+]. The van der Waals surface area contributed by atoms with Gasteiger partial charge in [-0.3, -0.25) is 4.98 Å². The minimum Gasteiger partial charge on any atom is -1.00 e. The Morgan fingerprint density at radius 2 is 1.88 bits per heavy atom. The zero-order valence-corrected chi connectivity index (χ0v) is 8.33. The third-order valence-electron chi connectivity index (χ3n) is 0.776. The van der Waals surface area contributed by atoms with Crippen LogP contribution in [0.5, 0.6) is 0 Å². The molecule has 0 N–H and O–H groups in total. The van der Waals surface area contributed by atoms with Crippen molar-refractivity contribution < 1.29 is 57.4 Å². The van der Waals surface area contributed by atoms with Crippen LogP contribution in [0.3, 0.4) is 0 Å². The quantitative estimate of drug-likeness (QED) is 0.274. The van der Waals surface area contributed by atoms with Crippen LogP contribution >= 0.6 is 0 Å². The molecule has 1 rings (SSSR count). The first-order valence-electron chi connectivity index (χ1n) is 2.15. The summed E-state index contributed by atoms with van der Waals surface area (Å²) in [4.78, 5) is 3.82. The van der Waals surface area contributed by atoms with Crippen molar-refractivity contribution in [3.63, 3.8) is 0 Å². The summed E-state index contributed by atoms with van der Waals surface area (Å²) in [5, 5.41) is 0. The molecule has 0 aliphatic heterocycles. The number of rotatable bonds is 0. The van der Waals surface area contributed by atoms with Crippen LogP contribution in [-0.4, -0.2) is 4.98 Å². The van der Waals surface area contributed by atoms with E-state index in [4.69, 9.17) is 0 Å². The molecule has 0 aliphatic carbocycles. The predicted molar refractivity (Wildman–Crippen MR) is 26.5 cm³/mol. The van der Waals surface area contributed by atoms with E-state index in [1.807, 2.05) is 24.0 Å². The van der Waals surface area contributed by atoms with Crippen molar-refractivity contribution in [2.24, 2.45) is 7.05 Å². The minimum absolute atomic E-state index is 0. The Hall–Kier alpha value is 0.716. The Morgan fingerprint density at radius 3 is 2.12 bits per heavy atom. The average Bonchev–Trinajstić information content (AvgIpc) is 1.69. The predicted octanol–water partition coefficient (Wildman–Crippen LogP) is -2.98. The molecule has 0 spiro atoms. The molecule has 0 unspecified atom stereocenters. The van der Waals surface area contributed by atoms with Gasteiger partial charge in [0.15, 0.2) is 12.4 Å². The van der Waals surface area contributed by atoms with Crippen LogP contribution in [0.1, 0.15) is 1.43 Å². The van der Waals surface area contributed by atoms with Crippen molar-refractivity contribution in [3.8, 4) is 0 Å². The first kappa shape index (κ1) is 8.72. The zero-order chi connectivity index (χ0) is 5.11. The average molecular weight is 135 g/mol. The number of aryl methyl sites for hydroxylation is 1. The molecule has 0 aromatic carbocycles. The second kappa shape index (κ2) is 4.58. The minimum atomic E-state index is 0. The summed E-state index contributed by atoms with van der Waals surface area (Å²) in [6, 6.07) is 0. The Morgan fingerprint density at radius 1 is 1.38 bits per heavy atom. The van der Waals surface area contributed by atoms with E-state index in [-0.39, 0.29) is 52.8 Å². The Balaban J connectivity index is 0. The molecular formula is C5H8KN2+. The molecular weight excluding hydrogens is 127 g/mol. The summed E-state index contributed by atoms with van der Waals surface area (Å²) in [5.41, 5.74) is 0. The molecule has 0 bridgehead atoms. The summed E-state index contributed by atoms with van der Waals surface area (Å²) in [6.07, 6.45) is 7.28. The van der Waals surface area contributed by atoms with E-state index in [0.717, 1.165) is 0 Å². The summed E-state index contributed by atoms with van der Waals surface area (Å²) < 4.78 is 1.94. The van der Waals surface area contributed by atoms with Gasteiger partial charge in [0, 0.05) is 0 Å². The van der Waals surface area contributed by atoms with E-state index < -0.39 is 0 Å². The van der Waals surface area contributed by atoms with E-state index in [2.05, 4.69) is 4.98 Å². The van der Waals surface area contributed by atoms with Crippen LogP contribution in [0.2, 0.25) is 0 Å². The van der Waals surface area contributed by atoms with Crippen molar-refractivity contribution in [3.05, 3.63) is 24.8 Å². The van der Waals surface area contributed by atoms with E-state index >= 15 is 0 Å². The van der Waals surface area contributed by atoms with Crippen molar-refractivity contribution in [2.75, 3.05) is 0 Å². The molecule has 1 aromatic rings. The second-order valence-electron chi connectivity index (χ2n) is 1.41. The fourth-order valence-electron chi connectivity index (χ4n) is 0.387. The molecule has 0 atom stereocenters. The maximum Gasteiger partial charge on any atom is 1.00 e. The Kier molecular flexibility index (Phi) is 4.99. The molecule has 1 aromatic heterocycles. The molecule has 0 saturated carbocycles. The van der Waals surface area contributed by atoms with Gasteiger partial charge in [0.2, 0.25) is 0 Å². The molecule has 0 aliphatic rings. The maximum absolute atomic E-state index is 3.82. The van der Waals surface area contributed by atoms with E-state index in [0.29, 0.717) is 0 Å². The van der Waals surface area contributed by atoms with E-state index in [1.165, 1.54) is 0 Å². The summed E-state index contributed by atoms with van der Waals surface area (Å²) in [7, 11) is 1.96. The van der Waals surface area contributed by atoms with Crippen molar-refractivity contribution in [1.29, 1.82) is 0 Å². The van der Waals surface area contributed by atoms with Crippen molar-refractivity contribution in [2.45, 2.75) is 0 Å². The molecule has 1 heterocycles.